The molecular formula is C87H55I27N3O31-9. The number of unbranched alkanes of at least 4 members (excludes halogenated alkanes) is 1. The van der Waals surface area contributed by atoms with Crippen molar-refractivity contribution in [1.82, 2.24) is 15.5 Å². The molecule has 0 fully saturated rings. The Kier molecular flexibility index (Phi) is 80.9. The monoisotopic (exact) mass is 5060 g/mol. The second-order valence-electron chi connectivity index (χ2n) is 27.0. The highest BCUT2D eigenvalue weighted by atomic mass is 127. The molecule has 0 aromatic heterocycles. The molecular weight excluding hydrogens is 5010 g/mol. The molecule has 61 heteroatoms. The molecule has 0 bridgehead atoms. The van der Waals surface area contributed by atoms with Crippen molar-refractivity contribution in [2.24, 2.45) is 0 Å². The van der Waals surface area contributed by atoms with Gasteiger partial charge in [-0.05, 0) is 765 Å². The van der Waals surface area contributed by atoms with Crippen molar-refractivity contribution in [2.75, 3.05) is 33.4 Å². The lowest BCUT2D eigenvalue weighted by Crippen LogP contribution is -2.46. The number of ether oxygens (including phenoxy) is 6. The third-order valence-corrected chi connectivity index (χ3v) is 39.8. The SMILES string of the molecule is CC(NC(=O)c1cc(I)cc(I)c1I)C(=O)[O-].CN(CC(=O)[O-])C(=O)c1cc(I)cc(I)c1I.O=C([O-])CC(=O)Oc1c(I)cc(I)cc1I.O=C([O-])CCC(=O)Oc1c(I)cc(I)cc1I.O=C([O-])CCCC(=O)Oc1c(I)cc(I)cc1I.O=C([O-])CCCCC(=O)Oc1c(I)cc(I)cc1I.O=C([O-])CNC(=O)c1cc(I)cc(I)c1I.O=C([O-])COc1c(I)cc(I)cc1I.O=C([O-])COc1c(I)cc(I)cc1I. The third-order valence-electron chi connectivity index (χ3n) is 15.4. The van der Waals surface area contributed by atoms with E-state index in [1.54, 1.807) is 18.2 Å². The second kappa shape index (κ2) is 79.9. The fraction of sp³-hybridized carbons (Fsp3) is 0.195. The molecule has 0 heterocycles. The quantitative estimate of drug-likeness (QED) is 0.00963. The first kappa shape index (κ1) is 150. The first-order valence-electron chi connectivity index (χ1n) is 38.7. The minimum absolute atomic E-state index is 0.0219. The number of carboxylic acids is 9. The molecule has 0 spiro atoms. The Bertz CT molecular complexity index is 6160. The summed E-state index contributed by atoms with van der Waals surface area (Å²) in [4.78, 5) is 175. The number of benzene rings is 9. The van der Waals surface area contributed by atoms with Crippen LogP contribution in [0.15, 0.2) is 109 Å². The van der Waals surface area contributed by atoms with Crippen LogP contribution in [0.5, 0.6) is 34.5 Å². The van der Waals surface area contributed by atoms with Gasteiger partial charge in [-0.1, -0.05) is 0 Å². The molecule has 0 saturated carbocycles. The fourth-order valence-electron chi connectivity index (χ4n) is 9.19. The molecule has 0 aliphatic rings. The van der Waals surface area contributed by atoms with E-state index in [0.29, 0.717) is 64.0 Å². The van der Waals surface area contributed by atoms with Gasteiger partial charge in [-0.3, -0.25) is 33.6 Å². The molecule has 0 aliphatic heterocycles. The summed E-state index contributed by atoms with van der Waals surface area (Å²) in [5.41, 5.74) is 1.49. The molecule has 3 amide bonds. The zero-order valence-electron chi connectivity index (χ0n) is 73.2. The highest BCUT2D eigenvalue weighted by molar-refractivity contribution is 14.1. The van der Waals surface area contributed by atoms with Gasteiger partial charge >= 0.3 is 23.9 Å². The van der Waals surface area contributed by atoms with Crippen LogP contribution >= 0.6 is 610 Å². The van der Waals surface area contributed by atoms with Gasteiger partial charge in [0, 0.05) is 91.3 Å². The molecule has 802 valence electrons. The van der Waals surface area contributed by atoms with Crippen molar-refractivity contribution in [3.63, 3.8) is 0 Å². The van der Waals surface area contributed by atoms with Gasteiger partial charge in [-0.15, -0.1) is 0 Å². The molecule has 0 saturated heterocycles. The van der Waals surface area contributed by atoms with Gasteiger partial charge < -0.3 is 133 Å². The number of carbonyl (C=O) groups is 16. The van der Waals surface area contributed by atoms with E-state index in [2.05, 4.69) is 575 Å². The lowest BCUT2D eigenvalue weighted by Gasteiger charge is -2.19. The second-order valence-corrected chi connectivity index (χ2v) is 58.9. The maximum atomic E-state index is 12.0. The van der Waals surface area contributed by atoms with Crippen LogP contribution in [0.4, 0.5) is 0 Å². The zero-order valence-corrected chi connectivity index (χ0v) is 131. The van der Waals surface area contributed by atoms with Crippen molar-refractivity contribution < 1.29 is 151 Å². The topological polar surface area (TPSA) is 563 Å². The Morgan fingerprint density at radius 2 is 0.520 bits per heavy atom. The standard InChI is InChI=1S/C12H11I3O4.C11H9I3O4.2C10H8I3NO3.C10H7I3O4.C9H6I3NO3.C9H5I3O4.2C8H5I3O3/c13-7-5-8(14)12(9(15)6-7)19-11(18)4-2-1-3-10(16)17;12-6-4-7(13)11(8(14)5-6)18-10(17)3-1-2-9(15)16;1-14(4-8(15)16)10(17)6-2-5(11)3-7(12)9(6)13;1-4(10(16)17)14-9(15)6-2-5(11)3-7(12)8(6)13;11-5-3-6(12)10(7(13)4-5)17-9(16)2-1-8(14)15;10-4-1-5(8(12)6(11)2-4)9(16)13-3-7(14)15;10-4-1-5(11)9(6(12)2-4)16-8(15)3-7(13)14;2*9-4-1-5(10)8(6(11)2-4)14-3-7(12)13/h5-6H,1-4H2,(H,16,17);4-5H,1-3H2,(H,15,16);2-3H,4H2,1H3,(H,15,16);2-4H,1H3,(H,14,15)(H,16,17);3-4H,1-2H2,(H,14,15);1-2H,3H2,(H,13,16)(H,14,15);1-2H,3H2,(H,13,14);2*1-2H,3H2,(H,12,13)/p-9. The van der Waals surface area contributed by atoms with E-state index in [4.69, 9.17) is 28.4 Å². The van der Waals surface area contributed by atoms with Gasteiger partial charge in [0.05, 0.1) is 127 Å². The summed E-state index contributed by atoms with van der Waals surface area (Å²) in [5.74, 6) is -11.3. The highest BCUT2D eigenvalue weighted by Crippen LogP contribution is 2.37. The van der Waals surface area contributed by atoms with Gasteiger partial charge in [-0.2, -0.15) is 0 Å². The minimum atomic E-state index is -1.44. The first-order valence-corrected chi connectivity index (χ1v) is 67.8. The first-order chi connectivity index (χ1) is 68.7. The van der Waals surface area contributed by atoms with Gasteiger partial charge in [0.1, 0.15) is 24.7 Å². The predicted octanol–water partition coefficient (Wildman–Crippen LogP) is 15.5. The van der Waals surface area contributed by atoms with E-state index < -0.39 is 122 Å². The summed E-state index contributed by atoms with van der Waals surface area (Å²) in [6, 6.07) is 32.8. The van der Waals surface area contributed by atoms with Crippen LogP contribution in [0.25, 0.3) is 0 Å². The van der Waals surface area contributed by atoms with Gasteiger partial charge in [0.2, 0.25) is 0 Å². The highest BCUT2D eigenvalue weighted by Gasteiger charge is 2.23. The Morgan fingerprint density at radius 1 is 0.270 bits per heavy atom. The van der Waals surface area contributed by atoms with Crippen molar-refractivity contribution in [1.29, 1.82) is 0 Å². The molecule has 9 aromatic carbocycles. The molecule has 34 nitrogen and oxygen atoms in total. The molecule has 0 aliphatic carbocycles. The van der Waals surface area contributed by atoms with Gasteiger partial charge in [0.25, 0.3) is 17.7 Å². The summed E-state index contributed by atoms with van der Waals surface area (Å²) in [6.45, 7) is -0.327. The average Bonchev–Trinajstić information content (AvgIpc) is 0.827. The maximum Gasteiger partial charge on any atom is 0.316 e. The Morgan fingerprint density at radius 3 is 0.804 bits per heavy atom. The number of nitrogens with one attached hydrogen (secondary N) is 2. The number of nitrogens with zero attached hydrogens (tertiary/aromatic N) is 1. The van der Waals surface area contributed by atoms with E-state index in [9.17, 15) is 123 Å². The van der Waals surface area contributed by atoms with Crippen LogP contribution in [0.3, 0.4) is 0 Å². The van der Waals surface area contributed by atoms with Crippen LogP contribution < -0.4 is 85.0 Å². The summed E-state index contributed by atoms with van der Waals surface area (Å²) >= 11 is 57.2. The van der Waals surface area contributed by atoms with Crippen molar-refractivity contribution in [3.05, 3.63) is 222 Å². The maximum absolute atomic E-state index is 12.0. The lowest BCUT2D eigenvalue weighted by atomic mass is 10.2. The van der Waals surface area contributed by atoms with Crippen LogP contribution in [-0.2, 0) is 62.3 Å². The Labute approximate surface area is 1210 Å². The normalized spacial score (nSPS) is 10.3. The average molecular weight is 5060 g/mol. The number of rotatable bonds is 33. The number of likely N-dealkylation sites (N-methyl/N-ethyl adjacent to an activating group) is 1. The smallest absolute Gasteiger partial charge is 0.316 e. The molecule has 148 heavy (non-hydrogen) atoms. The number of amides is 3. The Balaban J connectivity index is 0.000000834. The van der Waals surface area contributed by atoms with Crippen molar-refractivity contribution >= 4 is 705 Å². The number of hydrogen-bond acceptors (Lipinski definition) is 31. The summed E-state index contributed by atoms with van der Waals surface area (Å²) < 4.78 is 55.7. The molecule has 1 atom stereocenters. The van der Waals surface area contributed by atoms with Gasteiger partial charge in [0.15, 0.2) is 23.0 Å². The Hall–Kier alpha value is 3.81. The van der Waals surface area contributed by atoms with Gasteiger partial charge in [-0.25, -0.2) is 0 Å². The lowest BCUT2D eigenvalue weighted by molar-refractivity contribution is -0.308. The fourth-order valence-corrected chi connectivity index (χ4v) is 39.4. The summed E-state index contributed by atoms with van der Waals surface area (Å²) in [6.07, 6.45) is 0.0513. The molecule has 9 rings (SSSR count). The summed E-state index contributed by atoms with van der Waals surface area (Å²) in [5, 5.41) is 97.2. The van der Waals surface area contributed by atoms with Crippen LogP contribution in [0, 0.1) is 96.4 Å². The number of aliphatic carboxylic acids is 9. The number of hydrogen-bond donors (Lipinski definition) is 2. The third kappa shape index (κ3) is 63.4. The molecule has 2 N–H and O–H groups in total. The van der Waals surface area contributed by atoms with E-state index in [1.807, 2.05) is 136 Å². The zero-order chi connectivity index (χ0) is 113. The van der Waals surface area contributed by atoms with E-state index in [1.165, 1.54) is 14.0 Å². The number of esters is 4. The van der Waals surface area contributed by atoms with Crippen LogP contribution in [0.1, 0.15) is 102 Å². The number of carboxylic acid groups (broad SMARTS) is 9. The van der Waals surface area contributed by atoms with Crippen LogP contribution in [0.2, 0.25) is 0 Å². The van der Waals surface area contributed by atoms with E-state index in [0.717, 1.165) is 101 Å². The van der Waals surface area contributed by atoms with E-state index >= 15 is 0 Å². The molecule has 9 aromatic rings. The minimum Gasteiger partial charge on any atom is -0.550 e. The van der Waals surface area contributed by atoms with Crippen LogP contribution in [-0.4, -0.2) is 140 Å². The van der Waals surface area contributed by atoms with Crippen molar-refractivity contribution in [3.8, 4) is 34.5 Å². The molecule has 1 unspecified atom stereocenters. The van der Waals surface area contributed by atoms with E-state index in [-0.39, 0.29) is 56.8 Å². The number of halogens is 27. The largest absolute Gasteiger partial charge is 0.550 e. The summed E-state index contributed by atoms with van der Waals surface area (Å²) in [7, 11) is 1.45. The van der Waals surface area contributed by atoms with Crippen molar-refractivity contribution in [2.45, 2.75) is 77.2 Å². The predicted molar refractivity (Wildman–Crippen MR) is 752 cm³/mol. The number of carbonyl (C=O) groups excluding carboxylic acids is 16. The molecule has 0 radical (unpaired) electrons.